The minimum atomic E-state index is -2.56. The molecule has 0 rings (SSSR count). The monoisotopic (exact) mass is 246 g/mol. The van der Waals surface area contributed by atoms with Crippen LogP contribution in [-0.2, 0) is 13.6 Å². The molecule has 0 saturated carbocycles. The first-order valence-electron chi connectivity index (χ1n) is 4.22. The summed E-state index contributed by atoms with van der Waals surface area (Å²) in [7, 11) is -4.75. The van der Waals surface area contributed by atoms with E-state index in [-0.39, 0.29) is 6.61 Å². The number of unbranched alkanes of at least 4 members (excludes halogenated alkanes) is 1. The van der Waals surface area contributed by atoms with Crippen LogP contribution in [0.2, 0.25) is 0 Å². The van der Waals surface area contributed by atoms with Gasteiger partial charge in [-0.05, 0) is 6.42 Å². The smallest absolute Gasteiger partial charge is 0.337 e. The molecule has 0 radical (unpaired) electrons. The van der Waals surface area contributed by atoms with Crippen molar-refractivity contribution in [1.29, 1.82) is 0 Å². The van der Waals surface area contributed by atoms with Crippen LogP contribution in [0.3, 0.4) is 0 Å². The molecule has 14 heavy (non-hydrogen) atoms. The van der Waals surface area contributed by atoms with E-state index in [1.165, 1.54) is 0 Å². The molecule has 0 aliphatic carbocycles. The van der Waals surface area contributed by atoms with Crippen LogP contribution in [0.15, 0.2) is 0 Å². The maximum atomic E-state index is 8.88. The third-order valence-electron chi connectivity index (χ3n) is 1.21. The standard InChI is InChI=1S/C6H16O6P2/c1-2-3-4-10-5-6-11-14(9)12-13(7)8/h7-9H,2-6H2,1H3. The average Bonchev–Trinajstić information content (AvgIpc) is 2.10. The van der Waals surface area contributed by atoms with Crippen LogP contribution < -0.4 is 0 Å². The van der Waals surface area contributed by atoms with Crippen molar-refractivity contribution in [3.63, 3.8) is 0 Å². The molecular formula is C6H16O6P2. The van der Waals surface area contributed by atoms with Gasteiger partial charge in [0.1, 0.15) is 0 Å². The zero-order valence-electron chi connectivity index (χ0n) is 8.00. The van der Waals surface area contributed by atoms with E-state index in [2.05, 4.69) is 11.2 Å². The Morgan fingerprint density at radius 3 is 2.36 bits per heavy atom. The molecule has 0 aromatic carbocycles. The fourth-order valence-corrected chi connectivity index (χ4v) is 1.53. The van der Waals surface area contributed by atoms with Crippen LogP contribution >= 0.6 is 17.2 Å². The number of hydrogen-bond donors (Lipinski definition) is 3. The Morgan fingerprint density at radius 2 is 1.79 bits per heavy atom. The second kappa shape index (κ2) is 10.1. The summed E-state index contributed by atoms with van der Waals surface area (Å²) in [5.74, 6) is 0. The van der Waals surface area contributed by atoms with E-state index in [0.29, 0.717) is 13.2 Å². The van der Waals surface area contributed by atoms with Crippen molar-refractivity contribution in [2.24, 2.45) is 0 Å². The lowest BCUT2D eigenvalue weighted by Crippen LogP contribution is -2.03. The maximum absolute atomic E-state index is 8.88. The Bertz CT molecular complexity index is 125. The van der Waals surface area contributed by atoms with Crippen LogP contribution in [0.25, 0.3) is 0 Å². The molecule has 0 spiro atoms. The molecule has 0 aromatic rings. The van der Waals surface area contributed by atoms with E-state index < -0.39 is 17.2 Å². The lowest BCUT2D eigenvalue weighted by atomic mass is 10.4. The molecule has 0 amide bonds. The molecule has 8 heteroatoms. The molecule has 0 heterocycles. The van der Waals surface area contributed by atoms with Crippen LogP contribution in [0.4, 0.5) is 0 Å². The molecule has 0 aliphatic heterocycles. The van der Waals surface area contributed by atoms with E-state index >= 15 is 0 Å². The van der Waals surface area contributed by atoms with Crippen LogP contribution in [0.5, 0.6) is 0 Å². The Kier molecular flexibility index (Phi) is 10.6. The summed E-state index contributed by atoms with van der Waals surface area (Å²) in [5.41, 5.74) is 0. The van der Waals surface area contributed by atoms with Gasteiger partial charge in [0.05, 0.1) is 13.2 Å². The van der Waals surface area contributed by atoms with Crippen molar-refractivity contribution < 1.29 is 28.3 Å². The minimum absolute atomic E-state index is 0.176. The molecule has 0 aliphatic rings. The van der Waals surface area contributed by atoms with Gasteiger partial charge in [-0.1, -0.05) is 13.3 Å². The zero-order chi connectivity index (χ0) is 10.8. The van der Waals surface area contributed by atoms with Gasteiger partial charge in [0, 0.05) is 6.61 Å². The minimum Gasteiger partial charge on any atom is -0.379 e. The molecule has 3 N–H and O–H groups in total. The van der Waals surface area contributed by atoms with Gasteiger partial charge < -0.3 is 23.9 Å². The first kappa shape index (κ1) is 14.6. The predicted molar refractivity (Wildman–Crippen MR) is 53.3 cm³/mol. The van der Waals surface area contributed by atoms with Crippen molar-refractivity contribution in [2.45, 2.75) is 19.8 Å². The molecule has 1 atom stereocenters. The van der Waals surface area contributed by atoms with E-state index in [9.17, 15) is 0 Å². The van der Waals surface area contributed by atoms with Gasteiger partial charge in [-0.3, -0.25) is 0 Å². The number of ether oxygens (including phenoxy) is 1. The normalized spacial score (nSPS) is 13.5. The van der Waals surface area contributed by atoms with Gasteiger partial charge in [0.25, 0.3) is 0 Å². The highest BCUT2D eigenvalue weighted by Crippen LogP contribution is 2.45. The van der Waals surface area contributed by atoms with Gasteiger partial charge in [-0.25, -0.2) is 4.31 Å². The lowest BCUT2D eigenvalue weighted by molar-refractivity contribution is 0.0932. The summed E-state index contributed by atoms with van der Waals surface area (Å²) >= 11 is 0. The Morgan fingerprint density at radius 1 is 1.07 bits per heavy atom. The largest absolute Gasteiger partial charge is 0.379 e. The molecule has 86 valence electrons. The van der Waals surface area contributed by atoms with Crippen molar-refractivity contribution in [3.05, 3.63) is 0 Å². The average molecular weight is 246 g/mol. The molecule has 0 aromatic heterocycles. The fraction of sp³-hybridized carbons (Fsp3) is 1.00. The summed E-state index contributed by atoms with van der Waals surface area (Å²) in [4.78, 5) is 25.6. The third kappa shape index (κ3) is 10.7. The van der Waals surface area contributed by atoms with Crippen molar-refractivity contribution in [3.8, 4) is 0 Å². The second-order valence-electron chi connectivity index (χ2n) is 2.37. The molecular weight excluding hydrogens is 230 g/mol. The fourth-order valence-electron chi connectivity index (χ4n) is 0.609. The first-order chi connectivity index (χ1) is 6.66. The van der Waals surface area contributed by atoms with E-state index in [0.717, 1.165) is 12.8 Å². The van der Waals surface area contributed by atoms with Crippen molar-refractivity contribution >= 4 is 17.2 Å². The molecule has 1 unspecified atom stereocenters. The molecule has 0 fully saturated rings. The van der Waals surface area contributed by atoms with Crippen LogP contribution in [0.1, 0.15) is 19.8 Å². The quantitative estimate of drug-likeness (QED) is 0.419. The zero-order valence-corrected chi connectivity index (χ0v) is 9.79. The Labute approximate surface area is 85.8 Å². The van der Waals surface area contributed by atoms with Crippen LogP contribution in [0, 0.1) is 0 Å². The summed E-state index contributed by atoms with van der Waals surface area (Å²) in [6.45, 7) is 3.26. The highest BCUT2D eigenvalue weighted by molar-refractivity contribution is 7.54. The van der Waals surface area contributed by atoms with Gasteiger partial charge >= 0.3 is 17.2 Å². The summed E-state index contributed by atoms with van der Waals surface area (Å²) in [5, 5.41) is 0. The summed E-state index contributed by atoms with van der Waals surface area (Å²) in [6.07, 6.45) is 2.05. The van der Waals surface area contributed by atoms with Crippen molar-refractivity contribution in [2.75, 3.05) is 19.8 Å². The summed E-state index contributed by atoms with van der Waals surface area (Å²) in [6, 6.07) is 0. The van der Waals surface area contributed by atoms with E-state index in [1.807, 2.05) is 0 Å². The predicted octanol–water partition coefficient (Wildman–Crippen LogP) is 1.27. The maximum Gasteiger partial charge on any atom is 0.337 e. The highest BCUT2D eigenvalue weighted by atomic mass is 31.2. The lowest BCUT2D eigenvalue weighted by Gasteiger charge is -2.10. The third-order valence-corrected chi connectivity index (χ3v) is 2.76. The van der Waals surface area contributed by atoms with Gasteiger partial charge in [0.15, 0.2) is 0 Å². The second-order valence-corrected chi connectivity index (χ2v) is 4.26. The Hall–Kier alpha value is 0.620. The highest BCUT2D eigenvalue weighted by Gasteiger charge is 2.12. The number of hydrogen-bond acceptors (Lipinski definition) is 6. The van der Waals surface area contributed by atoms with Gasteiger partial charge in [0.2, 0.25) is 0 Å². The van der Waals surface area contributed by atoms with Gasteiger partial charge in [-0.2, -0.15) is 0 Å². The van der Waals surface area contributed by atoms with E-state index in [4.69, 9.17) is 23.9 Å². The first-order valence-corrected chi connectivity index (χ1v) is 6.52. The van der Waals surface area contributed by atoms with Crippen LogP contribution in [-0.4, -0.2) is 34.5 Å². The molecule has 0 saturated heterocycles. The SMILES string of the molecule is CCCCOCCOP(O)OP(O)O. The molecule has 0 bridgehead atoms. The Balaban J connectivity index is 3.10. The topological polar surface area (TPSA) is 88.4 Å². The van der Waals surface area contributed by atoms with Crippen molar-refractivity contribution in [1.82, 2.24) is 0 Å². The molecule has 6 nitrogen and oxygen atoms in total. The number of rotatable bonds is 9. The van der Waals surface area contributed by atoms with E-state index in [1.54, 1.807) is 0 Å². The van der Waals surface area contributed by atoms with Gasteiger partial charge in [-0.15, -0.1) is 0 Å². The summed E-state index contributed by atoms with van der Waals surface area (Å²) < 4.78 is 14.0.